The monoisotopic (exact) mass is 439 g/mol. The Morgan fingerprint density at radius 2 is 2.10 bits per heavy atom. The van der Waals surface area contributed by atoms with Gasteiger partial charge in [-0.05, 0) is 67.2 Å². The van der Waals surface area contributed by atoms with Crippen LogP contribution in [0, 0.1) is 5.92 Å². The number of aromatic nitrogens is 1. The van der Waals surface area contributed by atoms with Gasteiger partial charge in [-0.1, -0.05) is 29.8 Å². The number of alkyl halides is 3. The van der Waals surface area contributed by atoms with Gasteiger partial charge in [0.05, 0.1) is 10.6 Å². The van der Waals surface area contributed by atoms with Crippen molar-refractivity contribution in [3.8, 4) is 0 Å². The van der Waals surface area contributed by atoms with Gasteiger partial charge in [0.25, 0.3) is 0 Å². The lowest BCUT2D eigenvalue weighted by molar-refractivity contribution is -0.137. The number of nitrogens with zero attached hydrogens (tertiary/aromatic N) is 2. The number of anilines is 1. The van der Waals surface area contributed by atoms with E-state index in [1.54, 1.807) is 12.4 Å². The zero-order chi connectivity index (χ0) is 20.9. The predicted molar refractivity (Wildman–Crippen MR) is 114 cm³/mol. The second-order valence-corrected chi connectivity index (χ2v) is 7.81. The molecule has 29 heavy (non-hydrogen) atoms. The van der Waals surface area contributed by atoms with Gasteiger partial charge >= 0.3 is 6.18 Å². The van der Waals surface area contributed by atoms with Gasteiger partial charge in [0.15, 0.2) is 5.11 Å². The van der Waals surface area contributed by atoms with Crippen molar-refractivity contribution in [1.29, 1.82) is 0 Å². The molecule has 0 fully saturated rings. The quantitative estimate of drug-likeness (QED) is 0.436. The molecule has 0 bridgehead atoms. The Bertz CT molecular complexity index is 871. The van der Waals surface area contributed by atoms with Crippen LogP contribution in [0.1, 0.15) is 30.4 Å². The lowest BCUT2D eigenvalue weighted by atomic mass is 9.94. The number of hydrogen-bond acceptors (Lipinski definition) is 2. The Kier molecular flexibility index (Phi) is 7.14. The van der Waals surface area contributed by atoms with Gasteiger partial charge in [0.2, 0.25) is 0 Å². The molecule has 0 aliphatic heterocycles. The Labute approximate surface area is 178 Å². The fourth-order valence-electron chi connectivity index (χ4n) is 3.29. The summed E-state index contributed by atoms with van der Waals surface area (Å²) in [5.74, 6) is 0.437. The van der Waals surface area contributed by atoms with Crippen molar-refractivity contribution in [3.63, 3.8) is 0 Å². The van der Waals surface area contributed by atoms with Crippen LogP contribution in [0.4, 0.5) is 18.9 Å². The average molecular weight is 440 g/mol. The van der Waals surface area contributed by atoms with Gasteiger partial charge in [0.1, 0.15) is 0 Å². The van der Waals surface area contributed by atoms with Crippen molar-refractivity contribution in [3.05, 3.63) is 71.0 Å². The van der Waals surface area contributed by atoms with E-state index >= 15 is 0 Å². The molecule has 3 nitrogen and oxygen atoms in total. The molecule has 0 spiro atoms. The molecule has 1 unspecified atom stereocenters. The van der Waals surface area contributed by atoms with Crippen LogP contribution in [0.2, 0.25) is 5.02 Å². The average Bonchev–Trinajstić information content (AvgIpc) is 2.69. The molecule has 3 rings (SSSR count). The summed E-state index contributed by atoms with van der Waals surface area (Å²) in [5.41, 5.74) is 0.352. The summed E-state index contributed by atoms with van der Waals surface area (Å²) in [7, 11) is 0. The number of rotatable bonds is 5. The van der Waals surface area contributed by atoms with Crippen LogP contribution in [0.5, 0.6) is 0 Å². The molecule has 2 aromatic rings. The third kappa shape index (κ3) is 6.18. The first kappa shape index (κ1) is 21.6. The second-order valence-electron chi connectivity index (χ2n) is 7.01. The summed E-state index contributed by atoms with van der Waals surface area (Å²) in [5, 5.41) is 2.99. The highest BCUT2D eigenvalue weighted by Gasteiger charge is 2.33. The van der Waals surface area contributed by atoms with Gasteiger partial charge < -0.3 is 10.2 Å². The zero-order valence-electron chi connectivity index (χ0n) is 15.6. The molecule has 1 aromatic carbocycles. The van der Waals surface area contributed by atoms with Crippen LogP contribution in [0.25, 0.3) is 0 Å². The van der Waals surface area contributed by atoms with E-state index in [1.165, 1.54) is 12.1 Å². The minimum atomic E-state index is -4.53. The molecule has 0 radical (unpaired) electrons. The predicted octanol–water partition coefficient (Wildman–Crippen LogP) is 6.31. The number of hydrogen-bond donors (Lipinski definition) is 1. The normalized spacial score (nSPS) is 16.5. The zero-order valence-corrected chi connectivity index (χ0v) is 17.2. The Morgan fingerprint density at radius 3 is 2.76 bits per heavy atom. The third-order valence-electron chi connectivity index (χ3n) is 4.76. The first-order chi connectivity index (χ1) is 13.8. The highest BCUT2D eigenvalue weighted by atomic mass is 35.5. The largest absolute Gasteiger partial charge is 0.417 e. The standard InChI is InChI=1S/C21H21ClF3N3S/c22-19-9-8-17(11-18(19)21(23,24)25)27-20(29)28(13-15-5-2-1-3-6-15)14-16-7-4-10-26-12-16/h1-2,4,7-12,15H,3,5-6,13-14H2,(H,27,29). The lowest BCUT2D eigenvalue weighted by Gasteiger charge is -2.31. The summed E-state index contributed by atoms with van der Waals surface area (Å²) in [6.07, 6.45) is 6.32. The van der Waals surface area contributed by atoms with E-state index in [4.69, 9.17) is 23.8 Å². The minimum absolute atomic E-state index is 0.256. The maximum absolute atomic E-state index is 13.2. The molecular formula is C21H21ClF3N3S. The number of allylic oxidation sites excluding steroid dienone is 2. The van der Waals surface area contributed by atoms with Crippen LogP contribution in [-0.2, 0) is 12.7 Å². The van der Waals surface area contributed by atoms with Crippen molar-refractivity contribution in [2.24, 2.45) is 5.92 Å². The van der Waals surface area contributed by atoms with Gasteiger partial charge in [-0.2, -0.15) is 13.2 Å². The van der Waals surface area contributed by atoms with Gasteiger partial charge in [-0.3, -0.25) is 4.98 Å². The summed E-state index contributed by atoms with van der Waals surface area (Å²) < 4.78 is 39.5. The van der Waals surface area contributed by atoms with Crippen LogP contribution in [-0.4, -0.2) is 21.5 Å². The maximum atomic E-state index is 13.2. The van der Waals surface area contributed by atoms with Gasteiger partial charge in [-0.15, -0.1) is 0 Å². The van der Waals surface area contributed by atoms with E-state index in [0.29, 0.717) is 24.1 Å². The number of benzene rings is 1. The molecule has 8 heteroatoms. The van der Waals surface area contributed by atoms with E-state index in [1.807, 2.05) is 17.0 Å². The molecule has 1 aromatic heterocycles. The number of thiocarbonyl (C=S) groups is 1. The van der Waals surface area contributed by atoms with Crippen LogP contribution in [0.15, 0.2) is 54.9 Å². The third-order valence-corrected chi connectivity index (χ3v) is 5.45. The maximum Gasteiger partial charge on any atom is 0.417 e. The first-order valence-electron chi connectivity index (χ1n) is 9.29. The van der Waals surface area contributed by atoms with Crippen LogP contribution < -0.4 is 5.32 Å². The van der Waals surface area contributed by atoms with Crippen molar-refractivity contribution >= 4 is 34.6 Å². The molecule has 0 saturated carbocycles. The smallest absolute Gasteiger partial charge is 0.344 e. The second kappa shape index (κ2) is 9.59. The molecule has 0 saturated heterocycles. The fourth-order valence-corrected chi connectivity index (χ4v) is 3.77. The van der Waals surface area contributed by atoms with Crippen molar-refractivity contribution in [1.82, 2.24) is 9.88 Å². The highest BCUT2D eigenvalue weighted by Crippen LogP contribution is 2.36. The van der Waals surface area contributed by atoms with E-state index in [9.17, 15) is 13.2 Å². The summed E-state index contributed by atoms with van der Waals surface area (Å²) in [4.78, 5) is 6.12. The van der Waals surface area contributed by atoms with Gasteiger partial charge in [-0.25, -0.2) is 0 Å². The highest BCUT2D eigenvalue weighted by molar-refractivity contribution is 7.80. The van der Waals surface area contributed by atoms with Crippen molar-refractivity contribution < 1.29 is 13.2 Å². The molecular weight excluding hydrogens is 419 g/mol. The summed E-state index contributed by atoms with van der Waals surface area (Å²) >= 11 is 11.3. The molecule has 1 heterocycles. The van der Waals surface area contributed by atoms with Gasteiger partial charge in [0, 0.05) is 31.2 Å². The molecule has 1 N–H and O–H groups in total. The molecule has 1 atom stereocenters. The van der Waals surface area contributed by atoms with Crippen molar-refractivity contribution in [2.75, 3.05) is 11.9 Å². The molecule has 154 valence electrons. The van der Waals surface area contributed by atoms with Crippen molar-refractivity contribution in [2.45, 2.75) is 32.0 Å². The van der Waals surface area contributed by atoms with E-state index < -0.39 is 11.7 Å². The SMILES string of the molecule is FC(F)(F)c1cc(NC(=S)N(Cc2cccnc2)CC2CC=CCC2)ccc1Cl. The lowest BCUT2D eigenvalue weighted by Crippen LogP contribution is -2.38. The topological polar surface area (TPSA) is 28.2 Å². The van der Waals surface area contributed by atoms with E-state index in [2.05, 4.69) is 22.5 Å². The number of nitrogens with one attached hydrogen (secondary N) is 1. The fraction of sp³-hybridized carbons (Fsp3) is 0.333. The summed E-state index contributed by atoms with van der Waals surface area (Å²) in [6.45, 7) is 1.24. The molecule has 1 aliphatic rings. The van der Waals surface area contributed by atoms with E-state index in [0.717, 1.165) is 30.9 Å². The first-order valence-corrected chi connectivity index (χ1v) is 10.1. The van der Waals surface area contributed by atoms with Crippen LogP contribution >= 0.6 is 23.8 Å². The Balaban J connectivity index is 1.77. The summed E-state index contributed by atoms with van der Waals surface area (Å²) in [6, 6.07) is 7.51. The van der Waals surface area contributed by atoms with Crippen LogP contribution in [0.3, 0.4) is 0 Å². The number of halogens is 4. The van der Waals surface area contributed by atoms with E-state index in [-0.39, 0.29) is 10.7 Å². The minimum Gasteiger partial charge on any atom is -0.344 e. The number of pyridine rings is 1. The Hall–Kier alpha value is -2.12. The molecule has 0 amide bonds. The molecule has 1 aliphatic carbocycles. The Morgan fingerprint density at radius 1 is 1.28 bits per heavy atom.